The van der Waals surface area contributed by atoms with Crippen molar-refractivity contribution in [2.75, 3.05) is 18.4 Å². The smallest absolute Gasteiger partial charge is 0.293 e. The van der Waals surface area contributed by atoms with Crippen LogP contribution in [0.25, 0.3) is 0 Å². The van der Waals surface area contributed by atoms with Gasteiger partial charge in [-0.2, -0.15) is 0 Å². The molecule has 2 aliphatic rings. The summed E-state index contributed by atoms with van der Waals surface area (Å²) in [6, 6.07) is 7.32. The fourth-order valence-corrected chi connectivity index (χ4v) is 4.24. The van der Waals surface area contributed by atoms with Crippen molar-refractivity contribution in [1.29, 1.82) is 0 Å². The summed E-state index contributed by atoms with van der Waals surface area (Å²) in [5.41, 5.74) is 0.660. The molecule has 0 saturated carbocycles. The molecule has 0 spiro atoms. The lowest BCUT2D eigenvalue weighted by Gasteiger charge is -2.25. The molecule has 9 nitrogen and oxygen atoms in total. The molecule has 30 heavy (non-hydrogen) atoms. The molecule has 1 aromatic carbocycles. The third-order valence-corrected chi connectivity index (χ3v) is 5.69. The highest BCUT2D eigenvalue weighted by Crippen LogP contribution is 2.33. The molecule has 2 atom stereocenters. The fourth-order valence-electron chi connectivity index (χ4n) is 4.24. The van der Waals surface area contributed by atoms with Crippen LogP contribution in [0.3, 0.4) is 0 Å². The Hall–Kier alpha value is -3.56. The van der Waals surface area contributed by atoms with E-state index >= 15 is 0 Å². The largest absolute Gasteiger partial charge is 0.361 e. The lowest BCUT2D eigenvalue weighted by Crippen LogP contribution is -2.31. The van der Waals surface area contributed by atoms with Crippen molar-refractivity contribution in [3.05, 3.63) is 59.3 Å². The van der Waals surface area contributed by atoms with Crippen LogP contribution in [0.5, 0.6) is 0 Å². The number of aromatic nitrogens is 4. The van der Waals surface area contributed by atoms with Crippen molar-refractivity contribution < 1.29 is 18.5 Å². The third kappa shape index (κ3) is 3.23. The molecule has 2 amide bonds. The average molecular weight is 410 g/mol. The van der Waals surface area contributed by atoms with Crippen molar-refractivity contribution in [2.24, 2.45) is 11.8 Å². The van der Waals surface area contributed by atoms with Crippen LogP contribution in [-0.2, 0) is 13.0 Å². The first-order chi connectivity index (χ1) is 14.5. The van der Waals surface area contributed by atoms with Crippen LogP contribution in [0.15, 0.2) is 34.9 Å². The first kappa shape index (κ1) is 18.5. The van der Waals surface area contributed by atoms with Crippen molar-refractivity contribution in [3.8, 4) is 0 Å². The molecule has 154 valence electrons. The van der Waals surface area contributed by atoms with Gasteiger partial charge in [0.15, 0.2) is 5.69 Å². The second-order valence-corrected chi connectivity index (χ2v) is 7.77. The molecular formula is C20H19FN6O3. The predicted molar refractivity (Wildman–Crippen MR) is 102 cm³/mol. The lowest BCUT2D eigenvalue weighted by atomic mass is 9.89. The summed E-state index contributed by atoms with van der Waals surface area (Å²) in [6.45, 7) is 3.46. The zero-order valence-electron chi connectivity index (χ0n) is 16.2. The molecule has 0 radical (unpaired) electrons. The van der Waals surface area contributed by atoms with Gasteiger partial charge >= 0.3 is 0 Å². The SMILES string of the molecule is Cc1cc(C(=O)N2C[C@@H]3Cc4nnc(C(=O)Nc5cccc(F)c5)n4C[C@@H]3C2)no1. The standard InChI is InChI=1S/C20H19FN6O3/c1-11-5-16(25-30-11)20(29)26-8-12-6-17-23-24-18(27(17)10-13(12)9-26)19(28)22-15-4-2-3-14(21)7-15/h2-5,7,12-13H,6,8-10H2,1H3,(H,22,28)/t12-,13-/m0/s1. The summed E-state index contributed by atoms with van der Waals surface area (Å²) in [6.07, 6.45) is 0.631. The minimum atomic E-state index is -0.443. The molecule has 1 saturated heterocycles. The number of halogens is 1. The molecule has 5 rings (SSSR count). The summed E-state index contributed by atoms with van der Waals surface area (Å²) in [4.78, 5) is 27.1. The maximum Gasteiger partial charge on any atom is 0.293 e. The summed E-state index contributed by atoms with van der Waals surface area (Å²) < 4.78 is 20.2. The van der Waals surface area contributed by atoms with Gasteiger partial charge in [0.05, 0.1) is 0 Å². The van der Waals surface area contributed by atoms with E-state index in [-0.39, 0.29) is 23.6 Å². The van der Waals surface area contributed by atoms with E-state index in [1.807, 2.05) is 0 Å². The van der Waals surface area contributed by atoms with E-state index in [9.17, 15) is 14.0 Å². The molecular weight excluding hydrogens is 391 g/mol. The van der Waals surface area contributed by atoms with E-state index in [1.165, 1.54) is 18.2 Å². The topological polar surface area (TPSA) is 106 Å². The number of anilines is 1. The minimum Gasteiger partial charge on any atom is -0.361 e. The van der Waals surface area contributed by atoms with Crippen molar-refractivity contribution in [3.63, 3.8) is 0 Å². The quantitative estimate of drug-likeness (QED) is 0.707. The zero-order chi connectivity index (χ0) is 20.8. The van der Waals surface area contributed by atoms with Crippen molar-refractivity contribution in [2.45, 2.75) is 19.9 Å². The molecule has 2 aliphatic heterocycles. The Morgan fingerprint density at radius 2 is 2.00 bits per heavy atom. The Morgan fingerprint density at radius 1 is 1.17 bits per heavy atom. The van der Waals surface area contributed by atoms with Gasteiger partial charge in [-0.05, 0) is 37.0 Å². The van der Waals surface area contributed by atoms with Gasteiger partial charge in [-0.3, -0.25) is 9.59 Å². The third-order valence-electron chi connectivity index (χ3n) is 5.69. The van der Waals surface area contributed by atoms with E-state index in [0.717, 1.165) is 0 Å². The molecule has 0 bridgehead atoms. The fraction of sp³-hybridized carbons (Fsp3) is 0.350. The van der Waals surface area contributed by atoms with Gasteiger partial charge in [0, 0.05) is 37.8 Å². The number of fused-ring (bicyclic) bond motifs is 2. The average Bonchev–Trinajstić information content (AvgIpc) is 3.43. The van der Waals surface area contributed by atoms with E-state index < -0.39 is 11.7 Å². The summed E-state index contributed by atoms with van der Waals surface area (Å²) in [5.74, 6) is 0.899. The lowest BCUT2D eigenvalue weighted by molar-refractivity contribution is 0.0772. The van der Waals surface area contributed by atoms with E-state index in [2.05, 4.69) is 20.7 Å². The van der Waals surface area contributed by atoms with Crippen LogP contribution in [0.4, 0.5) is 10.1 Å². The maximum atomic E-state index is 13.4. The zero-order valence-corrected chi connectivity index (χ0v) is 16.2. The number of rotatable bonds is 3. The normalized spacial score (nSPS) is 20.0. The highest BCUT2D eigenvalue weighted by molar-refractivity contribution is 6.01. The van der Waals surface area contributed by atoms with Crippen LogP contribution in [-0.4, -0.2) is 49.7 Å². The van der Waals surface area contributed by atoms with Gasteiger partial charge in [-0.15, -0.1) is 10.2 Å². The van der Waals surface area contributed by atoms with Crippen LogP contribution in [0.2, 0.25) is 0 Å². The van der Waals surface area contributed by atoms with Crippen LogP contribution in [0, 0.1) is 24.6 Å². The van der Waals surface area contributed by atoms with Gasteiger partial charge in [0.1, 0.15) is 17.4 Å². The molecule has 0 unspecified atom stereocenters. The van der Waals surface area contributed by atoms with E-state index in [4.69, 9.17) is 4.52 Å². The number of amides is 2. The number of carbonyl (C=O) groups excluding carboxylic acids is 2. The first-order valence-electron chi connectivity index (χ1n) is 9.69. The van der Waals surface area contributed by atoms with Gasteiger partial charge in [-0.25, -0.2) is 4.39 Å². The van der Waals surface area contributed by atoms with Crippen molar-refractivity contribution >= 4 is 17.5 Å². The highest BCUT2D eigenvalue weighted by atomic mass is 19.1. The Balaban J connectivity index is 1.31. The number of nitrogens with zero attached hydrogens (tertiary/aromatic N) is 5. The first-order valence-corrected chi connectivity index (χ1v) is 9.69. The molecule has 0 aliphatic carbocycles. The van der Waals surface area contributed by atoms with Gasteiger partial charge in [0.2, 0.25) is 5.82 Å². The Morgan fingerprint density at radius 3 is 2.77 bits per heavy atom. The summed E-state index contributed by atoms with van der Waals surface area (Å²) in [5, 5.41) is 14.7. The Bertz CT molecular complexity index is 1140. The van der Waals surface area contributed by atoms with Gasteiger partial charge in [0.25, 0.3) is 11.8 Å². The van der Waals surface area contributed by atoms with E-state index in [0.29, 0.717) is 49.0 Å². The molecule has 2 aromatic heterocycles. The van der Waals surface area contributed by atoms with Crippen LogP contribution < -0.4 is 5.32 Å². The highest BCUT2D eigenvalue weighted by Gasteiger charge is 2.41. The van der Waals surface area contributed by atoms with Crippen LogP contribution >= 0.6 is 0 Å². The van der Waals surface area contributed by atoms with Gasteiger partial charge in [-0.1, -0.05) is 11.2 Å². The van der Waals surface area contributed by atoms with E-state index in [1.54, 1.807) is 28.5 Å². The molecule has 1 fully saturated rings. The minimum absolute atomic E-state index is 0.152. The predicted octanol–water partition coefficient (Wildman–Crippen LogP) is 1.91. The number of hydrogen-bond donors (Lipinski definition) is 1. The summed E-state index contributed by atoms with van der Waals surface area (Å²) in [7, 11) is 0. The number of benzene rings is 1. The number of likely N-dealkylation sites (tertiary alicyclic amines) is 1. The summed E-state index contributed by atoms with van der Waals surface area (Å²) >= 11 is 0. The second-order valence-electron chi connectivity index (χ2n) is 7.77. The monoisotopic (exact) mass is 410 g/mol. The molecule has 4 heterocycles. The number of nitrogens with one attached hydrogen (secondary N) is 1. The second kappa shape index (κ2) is 7.05. The van der Waals surface area contributed by atoms with Crippen LogP contribution in [0.1, 0.15) is 32.7 Å². The molecule has 3 aromatic rings. The Kier molecular flexibility index (Phi) is 4.34. The number of hydrogen-bond acceptors (Lipinski definition) is 6. The number of carbonyl (C=O) groups is 2. The van der Waals surface area contributed by atoms with Gasteiger partial charge < -0.3 is 19.3 Å². The molecule has 10 heteroatoms. The number of aryl methyl sites for hydroxylation is 1. The maximum absolute atomic E-state index is 13.4. The molecule has 1 N–H and O–H groups in total. The Labute approximate surface area is 170 Å². The van der Waals surface area contributed by atoms with Crippen molar-refractivity contribution in [1.82, 2.24) is 24.8 Å².